The quantitative estimate of drug-likeness (QED) is 0.0635. The highest BCUT2D eigenvalue weighted by Gasteiger charge is 2.28. The van der Waals surface area contributed by atoms with Crippen LogP contribution in [0.15, 0.2) is 6.20 Å². The molecule has 0 saturated heterocycles. The number of nitrogens with two attached hydrogens (primary N) is 1. The molecule has 0 spiro atoms. The number of nitrogens with zero attached hydrogens (tertiary/aromatic N) is 3. The van der Waals surface area contributed by atoms with Crippen molar-refractivity contribution in [2.45, 2.75) is 137 Å². The Morgan fingerprint density at radius 2 is 1.06 bits per heavy atom. The first-order valence-corrected chi connectivity index (χ1v) is 22.1. The van der Waals surface area contributed by atoms with Crippen LogP contribution in [0.1, 0.15) is 107 Å². The van der Waals surface area contributed by atoms with Crippen molar-refractivity contribution in [3.8, 4) is 0 Å². The molecule has 0 aromatic carbocycles. The van der Waals surface area contributed by atoms with Gasteiger partial charge >= 0.3 is 18.0 Å². The lowest BCUT2D eigenvalue weighted by Crippen LogP contribution is -2.51. The molecule has 0 aliphatic heterocycles. The molecule has 0 unspecified atom stereocenters. The second-order valence-corrected chi connectivity index (χ2v) is 17.7. The molecule has 62 heavy (non-hydrogen) atoms. The van der Waals surface area contributed by atoms with Crippen LogP contribution in [0, 0.1) is 5.41 Å². The van der Waals surface area contributed by atoms with Gasteiger partial charge in [0.15, 0.2) is 0 Å². The lowest BCUT2D eigenvalue weighted by atomic mass is 9.84. The molecule has 19 heteroatoms. The van der Waals surface area contributed by atoms with Gasteiger partial charge in [0.25, 0.3) is 0 Å². The number of carbonyl (C=O) groups excluding carboxylic acids is 3. The third kappa shape index (κ3) is 34.5. The van der Waals surface area contributed by atoms with Gasteiger partial charge in [-0.1, -0.05) is 26.0 Å². The van der Waals surface area contributed by atoms with E-state index in [0.29, 0.717) is 119 Å². The predicted molar refractivity (Wildman–Crippen MR) is 233 cm³/mol. The molecule has 4 N–H and O–H groups in total. The first-order chi connectivity index (χ1) is 29.4. The van der Waals surface area contributed by atoms with Gasteiger partial charge in [-0.05, 0) is 72.6 Å². The highest BCUT2D eigenvalue weighted by Crippen LogP contribution is 2.24. The van der Waals surface area contributed by atoms with Crippen molar-refractivity contribution >= 4 is 18.0 Å². The molecule has 1 rings (SSSR count). The van der Waals surface area contributed by atoms with Crippen LogP contribution in [-0.4, -0.2) is 162 Å². The normalized spacial score (nSPS) is 13.2. The number of urea groups is 1. The highest BCUT2D eigenvalue weighted by molar-refractivity contribution is 5.77. The molecule has 0 saturated carbocycles. The van der Waals surface area contributed by atoms with E-state index < -0.39 is 35.2 Å². The molecule has 0 radical (unpaired) electrons. The van der Waals surface area contributed by atoms with Crippen molar-refractivity contribution in [1.29, 1.82) is 0 Å². The van der Waals surface area contributed by atoms with Gasteiger partial charge in [-0.15, -0.1) is 5.10 Å². The number of ether oxygens (including phenoxy) is 10. The second kappa shape index (κ2) is 33.5. The Balaban J connectivity index is 2.20. The van der Waals surface area contributed by atoms with Gasteiger partial charge in [0.2, 0.25) is 0 Å². The topological polar surface area (TPSA) is 224 Å². The molecule has 19 nitrogen and oxygen atoms in total. The van der Waals surface area contributed by atoms with Gasteiger partial charge in [-0.3, -0.25) is 14.3 Å². The van der Waals surface area contributed by atoms with E-state index in [0.717, 1.165) is 25.0 Å². The average molecular weight is 891 g/mol. The molecule has 2 atom stereocenters. The molecule has 0 aliphatic carbocycles. The number of nitrogens with one attached hydrogen (secondary N) is 2. The molecule has 362 valence electrons. The Kier molecular flexibility index (Phi) is 30.8. The predicted octanol–water partition coefficient (Wildman–Crippen LogP) is 3.98. The number of aromatic nitrogens is 3. The van der Waals surface area contributed by atoms with Gasteiger partial charge in [-0.25, -0.2) is 4.79 Å². The maximum absolute atomic E-state index is 13.3. The van der Waals surface area contributed by atoms with Crippen LogP contribution in [0.4, 0.5) is 4.79 Å². The minimum Gasteiger partial charge on any atom is -0.460 e. The number of hydrogen-bond acceptors (Lipinski definition) is 16. The van der Waals surface area contributed by atoms with Crippen molar-refractivity contribution in [3.63, 3.8) is 0 Å². The zero-order valence-corrected chi connectivity index (χ0v) is 39.4. The number of aryl methyl sites for hydroxylation is 1. The van der Waals surface area contributed by atoms with E-state index in [1.165, 1.54) is 0 Å². The van der Waals surface area contributed by atoms with Gasteiger partial charge in [-0.2, -0.15) is 0 Å². The van der Waals surface area contributed by atoms with Crippen molar-refractivity contribution < 1.29 is 61.8 Å². The maximum atomic E-state index is 13.3. The van der Waals surface area contributed by atoms with Crippen molar-refractivity contribution in [1.82, 2.24) is 25.6 Å². The summed E-state index contributed by atoms with van der Waals surface area (Å²) < 4.78 is 56.5. The van der Waals surface area contributed by atoms with Crippen molar-refractivity contribution in [2.24, 2.45) is 11.1 Å². The summed E-state index contributed by atoms with van der Waals surface area (Å²) in [6.07, 6.45) is 4.48. The summed E-state index contributed by atoms with van der Waals surface area (Å²) in [5, 5.41) is 14.5. The van der Waals surface area contributed by atoms with Crippen LogP contribution in [0.5, 0.6) is 0 Å². The Morgan fingerprint density at radius 3 is 1.52 bits per heavy atom. The standard InChI is InChI=1S/C43H82N6O13/c1-41(2,3)37(46-40(52)45-35(32-39(51)62-43(7,8)9)13-14-38(50)61-42(4,5)6)12-10-11-16-49-33-36(47-48-49)34-60-31-30-59-29-28-58-27-26-57-25-24-56-23-22-55-21-20-54-19-18-53-17-15-44/h33,35,37H,10-32,34,44H2,1-9H3,(H2,45,46,52)/t35-,37-/m0/s1. The molecule has 0 bridgehead atoms. The molecular formula is C43H82N6O13. The fourth-order valence-corrected chi connectivity index (χ4v) is 5.54. The second-order valence-electron chi connectivity index (χ2n) is 17.7. The van der Waals surface area contributed by atoms with Gasteiger partial charge < -0.3 is 63.7 Å². The van der Waals surface area contributed by atoms with Crippen molar-refractivity contribution in [2.75, 3.05) is 106 Å². The fraction of sp³-hybridized carbons (Fsp3) is 0.884. The zero-order chi connectivity index (χ0) is 46.1. The number of amides is 2. The molecule has 2 amide bonds. The van der Waals surface area contributed by atoms with Crippen LogP contribution >= 0.6 is 0 Å². The van der Waals surface area contributed by atoms with E-state index in [-0.39, 0.29) is 30.7 Å². The van der Waals surface area contributed by atoms with E-state index in [9.17, 15) is 14.4 Å². The van der Waals surface area contributed by atoms with Crippen LogP contribution in [0.3, 0.4) is 0 Å². The van der Waals surface area contributed by atoms with Gasteiger partial charge in [0.05, 0.1) is 118 Å². The van der Waals surface area contributed by atoms with E-state index in [4.69, 9.17) is 53.1 Å². The first-order valence-electron chi connectivity index (χ1n) is 22.1. The monoisotopic (exact) mass is 891 g/mol. The number of rotatable bonds is 37. The van der Waals surface area contributed by atoms with E-state index in [2.05, 4.69) is 41.7 Å². The average Bonchev–Trinajstić information content (AvgIpc) is 3.62. The zero-order valence-electron chi connectivity index (χ0n) is 39.4. The summed E-state index contributed by atoms with van der Waals surface area (Å²) in [7, 11) is 0. The largest absolute Gasteiger partial charge is 0.460 e. The number of unbranched alkanes of at least 4 members (excludes halogenated alkanes) is 1. The number of hydrogen-bond donors (Lipinski definition) is 3. The summed E-state index contributed by atoms with van der Waals surface area (Å²) in [6, 6.07) is -1.17. The smallest absolute Gasteiger partial charge is 0.315 e. The number of esters is 2. The number of carbonyl (C=O) groups is 3. The van der Waals surface area contributed by atoms with Crippen LogP contribution < -0.4 is 16.4 Å². The first kappa shape index (κ1) is 57.0. The van der Waals surface area contributed by atoms with E-state index in [1.807, 2.05) is 6.20 Å². The molecule has 0 aliphatic rings. The molecule has 1 heterocycles. The fourth-order valence-electron chi connectivity index (χ4n) is 5.54. The summed E-state index contributed by atoms with van der Waals surface area (Å²) in [5.74, 6) is -0.849. The minimum atomic E-state index is -0.673. The van der Waals surface area contributed by atoms with E-state index in [1.54, 1.807) is 46.2 Å². The molecular weight excluding hydrogens is 809 g/mol. The van der Waals surface area contributed by atoms with E-state index >= 15 is 0 Å². The summed E-state index contributed by atoms with van der Waals surface area (Å²) in [6.45, 7) is 25.8. The summed E-state index contributed by atoms with van der Waals surface area (Å²) in [4.78, 5) is 38.3. The van der Waals surface area contributed by atoms with Crippen LogP contribution in [-0.2, 0) is 70.1 Å². The molecule has 1 aromatic rings. The minimum absolute atomic E-state index is 0.0510. The Labute approximate surface area is 370 Å². The summed E-state index contributed by atoms with van der Waals surface area (Å²) >= 11 is 0. The third-order valence-electron chi connectivity index (χ3n) is 8.47. The Hall–Kier alpha value is -3.01. The Morgan fingerprint density at radius 1 is 0.613 bits per heavy atom. The highest BCUT2D eigenvalue weighted by atomic mass is 16.6. The lowest BCUT2D eigenvalue weighted by Gasteiger charge is -2.32. The maximum Gasteiger partial charge on any atom is 0.315 e. The van der Waals surface area contributed by atoms with Gasteiger partial charge in [0.1, 0.15) is 16.9 Å². The summed E-state index contributed by atoms with van der Waals surface area (Å²) in [5.41, 5.74) is 4.54. The Bertz CT molecular complexity index is 1300. The van der Waals surface area contributed by atoms with Crippen LogP contribution in [0.25, 0.3) is 0 Å². The SMILES string of the molecule is CC(C)(C)OC(=O)CC[C@@H](CC(=O)OC(C)(C)C)NC(=O)N[C@@H](CCCCn1cc(COCCOCCOCCOCCOCCOCCOCCOCCN)nn1)C(C)(C)C. The third-order valence-corrected chi connectivity index (χ3v) is 8.47. The van der Waals surface area contributed by atoms with Crippen LogP contribution in [0.2, 0.25) is 0 Å². The van der Waals surface area contributed by atoms with Crippen molar-refractivity contribution in [3.05, 3.63) is 11.9 Å². The molecule has 0 fully saturated rings. The molecule has 1 aromatic heterocycles. The van der Waals surface area contributed by atoms with Gasteiger partial charge in [0, 0.05) is 31.6 Å². The lowest BCUT2D eigenvalue weighted by molar-refractivity contribution is -0.157.